The highest BCUT2D eigenvalue weighted by molar-refractivity contribution is 5.94. The van der Waals surface area contributed by atoms with Crippen LogP contribution in [0.3, 0.4) is 0 Å². The molecule has 0 fully saturated rings. The van der Waals surface area contributed by atoms with Gasteiger partial charge in [0.05, 0.1) is 18.5 Å². The van der Waals surface area contributed by atoms with Crippen LogP contribution in [0.25, 0.3) is 16.8 Å². The van der Waals surface area contributed by atoms with Crippen molar-refractivity contribution in [3.63, 3.8) is 0 Å². The first kappa shape index (κ1) is 23.9. The lowest BCUT2D eigenvalue weighted by atomic mass is 10.1. The van der Waals surface area contributed by atoms with Crippen LogP contribution >= 0.6 is 0 Å². The smallest absolute Gasteiger partial charge is 0.329 e. The molecule has 3 heterocycles. The third-order valence-corrected chi connectivity index (χ3v) is 5.21. The van der Waals surface area contributed by atoms with Crippen molar-refractivity contribution >= 4 is 11.6 Å². The number of ether oxygens (including phenoxy) is 2. The Balaban J connectivity index is 1.60. The van der Waals surface area contributed by atoms with Gasteiger partial charge in [-0.05, 0) is 42.0 Å². The molecule has 1 N–H and O–H groups in total. The predicted octanol–water partition coefficient (Wildman–Crippen LogP) is 4.08. The molecule has 8 nitrogen and oxygen atoms in total. The van der Waals surface area contributed by atoms with Crippen molar-refractivity contribution in [3.8, 4) is 17.2 Å². The molecule has 0 saturated heterocycles. The number of methoxy groups -OCH3 is 1. The van der Waals surface area contributed by atoms with E-state index in [2.05, 4.69) is 14.7 Å². The van der Waals surface area contributed by atoms with E-state index in [0.29, 0.717) is 16.8 Å². The number of alkyl halides is 3. The highest BCUT2D eigenvalue weighted by Crippen LogP contribution is 2.34. The summed E-state index contributed by atoms with van der Waals surface area (Å²) in [6, 6.07) is 16.2. The zero-order chi connectivity index (χ0) is 25.1. The quantitative estimate of drug-likeness (QED) is 0.399. The first-order chi connectivity index (χ1) is 16.8. The topological polar surface area (TPSA) is 102 Å². The maximum atomic E-state index is 14.0. The maximum absolute atomic E-state index is 14.0. The van der Waals surface area contributed by atoms with E-state index in [1.807, 2.05) is 11.4 Å². The fourth-order valence-corrected chi connectivity index (χ4v) is 3.44. The van der Waals surface area contributed by atoms with Crippen LogP contribution in [0.2, 0.25) is 0 Å². The molecule has 0 aliphatic heterocycles. The number of nitrogens with one attached hydrogen (secondary N) is 1. The molecule has 11 heteroatoms. The van der Waals surface area contributed by atoms with Crippen molar-refractivity contribution in [2.75, 3.05) is 7.11 Å². The second kappa shape index (κ2) is 9.54. The average molecular weight is 481 g/mol. The van der Waals surface area contributed by atoms with Gasteiger partial charge in [-0.15, -0.1) is 0 Å². The number of hydrogen-bond acceptors (Lipinski definition) is 6. The average Bonchev–Trinajstić information content (AvgIpc) is 3.28. The summed E-state index contributed by atoms with van der Waals surface area (Å²) in [5.41, 5.74) is 2.19. The van der Waals surface area contributed by atoms with E-state index >= 15 is 0 Å². The molecule has 0 bridgehead atoms. The monoisotopic (exact) mass is 481 g/mol. The third-order valence-electron chi connectivity index (χ3n) is 5.21. The minimum Gasteiger partial charge on any atom is -0.329 e. The number of pyridine rings is 2. The zero-order valence-electron chi connectivity index (χ0n) is 18.3. The van der Waals surface area contributed by atoms with Gasteiger partial charge in [-0.25, -0.2) is 9.97 Å². The summed E-state index contributed by atoms with van der Waals surface area (Å²) in [7, 11) is 0.792. The van der Waals surface area contributed by atoms with Gasteiger partial charge in [0.1, 0.15) is 17.4 Å². The fraction of sp³-hybridized carbons (Fsp3) is 0.167. The van der Waals surface area contributed by atoms with Crippen molar-refractivity contribution in [2.24, 2.45) is 0 Å². The Morgan fingerprint density at radius 3 is 2.60 bits per heavy atom. The number of carbonyl (C=O) groups is 1. The van der Waals surface area contributed by atoms with Gasteiger partial charge in [0, 0.05) is 30.6 Å². The Kier molecular flexibility index (Phi) is 6.50. The Bertz CT molecular complexity index is 1400. The summed E-state index contributed by atoms with van der Waals surface area (Å²) in [6.45, 7) is -0.584. The summed E-state index contributed by atoms with van der Waals surface area (Å²) in [4.78, 5) is 20.7. The van der Waals surface area contributed by atoms with E-state index in [9.17, 15) is 23.2 Å². The minimum atomic E-state index is -5.09. The minimum absolute atomic E-state index is 0.0104. The molecular weight excluding hydrogens is 463 g/mol. The van der Waals surface area contributed by atoms with E-state index < -0.39 is 24.6 Å². The van der Waals surface area contributed by atoms with Crippen LogP contribution in [0.15, 0.2) is 73.2 Å². The van der Waals surface area contributed by atoms with E-state index in [4.69, 9.17) is 4.74 Å². The first-order valence-electron chi connectivity index (χ1n) is 10.2. The van der Waals surface area contributed by atoms with Crippen LogP contribution in [0.1, 0.15) is 21.7 Å². The van der Waals surface area contributed by atoms with Gasteiger partial charge < -0.3 is 13.9 Å². The number of amides is 1. The van der Waals surface area contributed by atoms with Crippen LogP contribution < -0.4 is 5.32 Å². The molecule has 1 unspecified atom stereocenters. The Hall–Kier alpha value is -4.27. The molecule has 1 aromatic carbocycles. The molecule has 3 aromatic heterocycles. The maximum Gasteiger partial charge on any atom is 0.465 e. The van der Waals surface area contributed by atoms with Gasteiger partial charge in [-0.1, -0.05) is 18.2 Å². The molecule has 0 saturated carbocycles. The Labute approximate surface area is 197 Å². The summed E-state index contributed by atoms with van der Waals surface area (Å²) in [6.07, 6.45) is -0.642. The second-order valence-electron chi connectivity index (χ2n) is 7.33. The van der Waals surface area contributed by atoms with E-state index in [-0.39, 0.29) is 17.0 Å². The molecule has 1 atom stereocenters. The molecule has 4 aromatic rings. The fourth-order valence-electron chi connectivity index (χ4n) is 3.44. The number of carbonyl (C=O) groups excluding carboxylic acids is 1. The number of halogens is 3. The standard InChI is InChI=1S/C24H18F3N5O3/c1-34-24(23(25,26)27,31-22(33)16-6-3-2-4-7-16)35-15-18-14-30-21-12-17(9-11-32(18)21)19-8-5-10-29-20(19)13-28/h2-12,14H,15H2,1H3,(H,31,33). The van der Waals surface area contributed by atoms with Crippen LogP contribution in [-0.4, -0.2) is 39.5 Å². The number of rotatable bonds is 7. The lowest BCUT2D eigenvalue weighted by Gasteiger charge is -2.34. The molecule has 0 aliphatic rings. The predicted molar refractivity (Wildman–Crippen MR) is 118 cm³/mol. The van der Waals surface area contributed by atoms with Crippen molar-refractivity contribution in [1.82, 2.24) is 19.7 Å². The number of benzene rings is 1. The van der Waals surface area contributed by atoms with Crippen molar-refractivity contribution in [2.45, 2.75) is 18.7 Å². The molecule has 35 heavy (non-hydrogen) atoms. The number of nitrogens with zero attached hydrogens (tertiary/aromatic N) is 4. The lowest BCUT2D eigenvalue weighted by molar-refractivity contribution is -0.386. The SMILES string of the molecule is COC(NC(=O)c1ccccc1)(OCc1cnc2cc(-c3cccnc3C#N)ccn12)C(F)(F)F. The normalized spacial score (nSPS) is 13.2. The number of nitriles is 1. The molecule has 178 valence electrons. The summed E-state index contributed by atoms with van der Waals surface area (Å²) in [5.74, 6) is -4.40. The Morgan fingerprint density at radius 1 is 1.14 bits per heavy atom. The highest BCUT2D eigenvalue weighted by Gasteiger charge is 2.59. The van der Waals surface area contributed by atoms with Gasteiger partial charge in [-0.3, -0.25) is 10.1 Å². The summed E-state index contributed by atoms with van der Waals surface area (Å²) in [5, 5.41) is 11.1. The molecule has 4 rings (SSSR count). The largest absolute Gasteiger partial charge is 0.465 e. The molecule has 0 aliphatic carbocycles. The van der Waals surface area contributed by atoms with Crippen molar-refractivity contribution in [1.29, 1.82) is 5.26 Å². The highest BCUT2D eigenvalue weighted by atomic mass is 19.4. The first-order valence-corrected chi connectivity index (χ1v) is 10.2. The third kappa shape index (κ3) is 4.70. The van der Waals surface area contributed by atoms with Crippen LogP contribution in [0, 0.1) is 11.3 Å². The van der Waals surface area contributed by atoms with Gasteiger partial charge in [-0.2, -0.15) is 18.4 Å². The molecule has 1 amide bonds. The Morgan fingerprint density at radius 2 is 1.91 bits per heavy atom. The van der Waals surface area contributed by atoms with Crippen molar-refractivity contribution < 1.29 is 27.4 Å². The van der Waals surface area contributed by atoms with Gasteiger partial charge >= 0.3 is 12.1 Å². The number of hydrogen-bond donors (Lipinski definition) is 1. The molecular formula is C24H18F3N5O3. The zero-order valence-corrected chi connectivity index (χ0v) is 18.3. The van der Waals surface area contributed by atoms with Crippen LogP contribution in [-0.2, 0) is 16.1 Å². The molecule has 0 radical (unpaired) electrons. The number of fused-ring (bicyclic) bond motifs is 1. The lowest BCUT2D eigenvalue weighted by Crippen LogP contribution is -2.62. The van der Waals surface area contributed by atoms with E-state index in [1.165, 1.54) is 41.1 Å². The van der Waals surface area contributed by atoms with Gasteiger partial charge in [0.25, 0.3) is 5.91 Å². The van der Waals surface area contributed by atoms with Gasteiger partial charge in [0.2, 0.25) is 0 Å². The number of aromatic nitrogens is 3. The summed E-state index contributed by atoms with van der Waals surface area (Å²) >= 11 is 0. The number of imidazole rings is 1. The summed E-state index contributed by atoms with van der Waals surface area (Å²) < 4.78 is 53.3. The molecule has 0 spiro atoms. The van der Waals surface area contributed by atoms with E-state index in [0.717, 1.165) is 7.11 Å². The van der Waals surface area contributed by atoms with Crippen LogP contribution in [0.4, 0.5) is 13.2 Å². The second-order valence-corrected chi connectivity index (χ2v) is 7.33. The van der Waals surface area contributed by atoms with E-state index in [1.54, 1.807) is 36.5 Å². The van der Waals surface area contributed by atoms with Gasteiger partial charge in [0.15, 0.2) is 0 Å². The van der Waals surface area contributed by atoms with Crippen molar-refractivity contribution in [3.05, 3.63) is 90.1 Å². The van der Waals surface area contributed by atoms with Crippen LogP contribution in [0.5, 0.6) is 0 Å².